The maximum Gasteiger partial charge on any atom is 0.161 e. The van der Waals surface area contributed by atoms with Crippen LogP contribution < -0.4 is 9.64 Å². The minimum atomic E-state index is 0. The zero-order chi connectivity index (χ0) is 14.7. The predicted molar refractivity (Wildman–Crippen MR) is 99.2 cm³/mol. The van der Waals surface area contributed by atoms with E-state index in [0.717, 1.165) is 29.9 Å². The average molecular weight is 334 g/mol. The SMILES string of the molecule is CCCN(C)c1sccc1Oc1cccc2ccccc12.Cl. The van der Waals surface area contributed by atoms with Gasteiger partial charge in [0.15, 0.2) is 5.75 Å². The van der Waals surface area contributed by atoms with Crippen LogP contribution in [0.5, 0.6) is 11.5 Å². The third kappa shape index (κ3) is 3.37. The molecule has 1 heterocycles. The first-order valence-corrected chi connectivity index (χ1v) is 8.12. The molecule has 116 valence electrons. The van der Waals surface area contributed by atoms with E-state index in [0.29, 0.717) is 0 Å². The quantitative estimate of drug-likeness (QED) is 0.571. The lowest BCUT2D eigenvalue weighted by Crippen LogP contribution is -2.16. The molecule has 1 aromatic heterocycles. The van der Waals surface area contributed by atoms with Crippen LogP contribution in [0.4, 0.5) is 5.00 Å². The summed E-state index contributed by atoms with van der Waals surface area (Å²) in [7, 11) is 2.12. The topological polar surface area (TPSA) is 12.5 Å². The lowest BCUT2D eigenvalue weighted by molar-refractivity contribution is 0.490. The molecule has 3 aromatic rings. The number of anilines is 1. The Balaban J connectivity index is 0.00000176. The Labute approximate surface area is 141 Å². The van der Waals surface area contributed by atoms with Crippen LogP contribution in [0.1, 0.15) is 13.3 Å². The molecule has 3 rings (SSSR count). The molecule has 0 bridgehead atoms. The first kappa shape index (κ1) is 16.7. The zero-order valence-electron chi connectivity index (χ0n) is 12.8. The number of ether oxygens (including phenoxy) is 1. The van der Waals surface area contributed by atoms with Crippen molar-refractivity contribution in [3.05, 3.63) is 53.9 Å². The number of fused-ring (bicyclic) bond motifs is 1. The Bertz CT molecular complexity index is 735. The van der Waals surface area contributed by atoms with Gasteiger partial charge in [-0.15, -0.1) is 23.7 Å². The van der Waals surface area contributed by atoms with Crippen molar-refractivity contribution in [2.45, 2.75) is 13.3 Å². The molecule has 0 aliphatic heterocycles. The molecule has 0 aliphatic carbocycles. The monoisotopic (exact) mass is 333 g/mol. The average Bonchev–Trinajstić information content (AvgIpc) is 2.96. The number of nitrogens with zero attached hydrogens (tertiary/aromatic N) is 1. The van der Waals surface area contributed by atoms with E-state index in [2.05, 4.69) is 48.5 Å². The van der Waals surface area contributed by atoms with Crippen molar-refractivity contribution in [2.24, 2.45) is 0 Å². The highest BCUT2D eigenvalue weighted by Gasteiger charge is 2.12. The molecule has 4 heteroatoms. The summed E-state index contributed by atoms with van der Waals surface area (Å²) < 4.78 is 6.20. The molecule has 0 saturated heterocycles. The summed E-state index contributed by atoms with van der Waals surface area (Å²) in [4.78, 5) is 2.26. The van der Waals surface area contributed by atoms with E-state index in [1.54, 1.807) is 11.3 Å². The smallest absolute Gasteiger partial charge is 0.161 e. The number of halogens is 1. The maximum atomic E-state index is 6.20. The third-order valence-electron chi connectivity index (χ3n) is 3.49. The van der Waals surface area contributed by atoms with E-state index < -0.39 is 0 Å². The van der Waals surface area contributed by atoms with Crippen LogP contribution in [0.15, 0.2) is 53.9 Å². The summed E-state index contributed by atoms with van der Waals surface area (Å²) in [5, 5.41) is 5.62. The first-order valence-electron chi connectivity index (χ1n) is 7.24. The van der Waals surface area contributed by atoms with E-state index in [1.807, 2.05) is 24.3 Å². The number of hydrogen-bond donors (Lipinski definition) is 0. The summed E-state index contributed by atoms with van der Waals surface area (Å²) in [6.07, 6.45) is 1.13. The number of hydrogen-bond acceptors (Lipinski definition) is 3. The molecule has 0 spiro atoms. The summed E-state index contributed by atoms with van der Waals surface area (Å²) >= 11 is 1.72. The summed E-state index contributed by atoms with van der Waals surface area (Å²) in [6, 6.07) is 16.5. The van der Waals surface area contributed by atoms with Gasteiger partial charge in [-0.3, -0.25) is 0 Å². The van der Waals surface area contributed by atoms with Crippen molar-refractivity contribution in [3.63, 3.8) is 0 Å². The summed E-state index contributed by atoms with van der Waals surface area (Å²) in [5.41, 5.74) is 0. The molecule has 0 amide bonds. The maximum absolute atomic E-state index is 6.20. The van der Waals surface area contributed by atoms with Crippen molar-refractivity contribution in [1.29, 1.82) is 0 Å². The van der Waals surface area contributed by atoms with Gasteiger partial charge in [0, 0.05) is 19.0 Å². The van der Waals surface area contributed by atoms with Crippen molar-refractivity contribution in [3.8, 4) is 11.5 Å². The second-order valence-electron chi connectivity index (χ2n) is 5.09. The molecule has 0 aliphatic rings. The fourth-order valence-electron chi connectivity index (χ4n) is 2.49. The summed E-state index contributed by atoms with van der Waals surface area (Å²) in [6.45, 7) is 3.22. The highest BCUT2D eigenvalue weighted by Crippen LogP contribution is 2.39. The molecule has 0 radical (unpaired) electrons. The van der Waals surface area contributed by atoms with Crippen LogP contribution >= 0.6 is 23.7 Å². The molecule has 0 N–H and O–H groups in total. The van der Waals surface area contributed by atoms with Gasteiger partial charge in [-0.1, -0.05) is 43.3 Å². The Hall–Kier alpha value is -1.71. The molecule has 2 nitrogen and oxygen atoms in total. The van der Waals surface area contributed by atoms with Gasteiger partial charge in [0.05, 0.1) is 0 Å². The summed E-state index contributed by atoms with van der Waals surface area (Å²) in [5.74, 6) is 1.85. The lowest BCUT2D eigenvalue weighted by Gasteiger charge is -2.18. The van der Waals surface area contributed by atoms with E-state index in [4.69, 9.17) is 4.74 Å². The Morgan fingerprint density at radius 2 is 1.77 bits per heavy atom. The molecule has 0 atom stereocenters. The zero-order valence-corrected chi connectivity index (χ0v) is 14.4. The van der Waals surface area contributed by atoms with Crippen molar-refractivity contribution >= 4 is 39.5 Å². The number of benzene rings is 2. The second-order valence-corrected chi connectivity index (χ2v) is 5.99. The van der Waals surface area contributed by atoms with E-state index in [9.17, 15) is 0 Å². The van der Waals surface area contributed by atoms with Gasteiger partial charge in [-0.05, 0) is 29.3 Å². The molecule has 0 unspecified atom stereocenters. The largest absolute Gasteiger partial charge is 0.454 e. The van der Waals surface area contributed by atoms with Crippen molar-refractivity contribution < 1.29 is 4.74 Å². The predicted octanol–water partition coefficient (Wildman–Crippen LogP) is 5.96. The van der Waals surface area contributed by atoms with Crippen molar-refractivity contribution in [2.75, 3.05) is 18.5 Å². The molecular formula is C18H20ClNOS. The molecule has 22 heavy (non-hydrogen) atoms. The standard InChI is InChI=1S/C18H19NOS.ClH/c1-3-12-19(2)18-17(11-13-21-18)20-16-10-6-8-14-7-4-5-9-15(14)16;/h4-11,13H,3,12H2,1-2H3;1H. The fraction of sp³-hybridized carbons (Fsp3) is 0.222. The molecule has 2 aromatic carbocycles. The number of thiophene rings is 1. The fourth-order valence-corrected chi connectivity index (χ4v) is 3.30. The second kappa shape index (κ2) is 7.52. The molecule has 0 saturated carbocycles. The van der Waals surface area contributed by atoms with Gasteiger partial charge in [0.2, 0.25) is 0 Å². The Morgan fingerprint density at radius 1 is 1.00 bits per heavy atom. The molecular weight excluding hydrogens is 314 g/mol. The van der Waals surface area contributed by atoms with Gasteiger partial charge < -0.3 is 9.64 Å². The minimum Gasteiger partial charge on any atom is -0.454 e. The van der Waals surface area contributed by atoms with Gasteiger partial charge in [-0.2, -0.15) is 0 Å². The normalized spacial score (nSPS) is 10.3. The van der Waals surface area contributed by atoms with E-state index in [1.165, 1.54) is 10.4 Å². The van der Waals surface area contributed by atoms with Crippen molar-refractivity contribution in [1.82, 2.24) is 0 Å². The van der Waals surface area contributed by atoms with Gasteiger partial charge in [0.1, 0.15) is 10.8 Å². The Kier molecular flexibility index (Phi) is 5.69. The Morgan fingerprint density at radius 3 is 2.59 bits per heavy atom. The van der Waals surface area contributed by atoms with Crippen LogP contribution in [-0.4, -0.2) is 13.6 Å². The van der Waals surface area contributed by atoms with Crippen LogP contribution in [-0.2, 0) is 0 Å². The van der Waals surface area contributed by atoms with E-state index in [-0.39, 0.29) is 12.4 Å². The van der Waals surface area contributed by atoms with Gasteiger partial charge >= 0.3 is 0 Å². The lowest BCUT2D eigenvalue weighted by atomic mass is 10.1. The highest BCUT2D eigenvalue weighted by molar-refractivity contribution is 7.14. The van der Waals surface area contributed by atoms with E-state index >= 15 is 0 Å². The van der Waals surface area contributed by atoms with Gasteiger partial charge in [0.25, 0.3) is 0 Å². The first-order chi connectivity index (χ1) is 10.3. The molecule has 0 fully saturated rings. The van der Waals surface area contributed by atoms with Gasteiger partial charge in [-0.25, -0.2) is 0 Å². The third-order valence-corrected chi connectivity index (χ3v) is 4.49. The van der Waals surface area contributed by atoms with Crippen LogP contribution in [0.2, 0.25) is 0 Å². The highest BCUT2D eigenvalue weighted by atomic mass is 35.5. The minimum absolute atomic E-state index is 0. The van der Waals surface area contributed by atoms with Crippen LogP contribution in [0.3, 0.4) is 0 Å². The van der Waals surface area contributed by atoms with Crippen LogP contribution in [0.25, 0.3) is 10.8 Å². The number of rotatable bonds is 5. The van der Waals surface area contributed by atoms with Crippen LogP contribution in [0, 0.1) is 0 Å².